The first kappa shape index (κ1) is 19.5. The monoisotopic (exact) mass is 453 g/mol. The van der Waals surface area contributed by atoms with Crippen molar-refractivity contribution in [1.29, 1.82) is 0 Å². The van der Waals surface area contributed by atoms with Crippen molar-refractivity contribution in [3.8, 4) is 11.4 Å². The Hall–Kier alpha value is -4.17. The summed E-state index contributed by atoms with van der Waals surface area (Å²) in [4.78, 5) is 39.1. The van der Waals surface area contributed by atoms with E-state index in [-0.39, 0.29) is 11.5 Å². The molecule has 0 radical (unpaired) electrons. The normalized spacial score (nSPS) is 11.5. The Morgan fingerprint density at radius 3 is 2.85 bits per heavy atom. The van der Waals surface area contributed by atoms with Crippen LogP contribution in [0.1, 0.15) is 15.9 Å². The van der Waals surface area contributed by atoms with Crippen molar-refractivity contribution in [3.05, 3.63) is 87.0 Å². The SMILES string of the molecule is O=C(NCCc1c[nH]c2ccccc12)c1ccc2[nH]c(-c3nc4cscc4[nH]c3=O)cc2c1. The number of carbonyl (C=O) groups is 1. The highest BCUT2D eigenvalue weighted by Crippen LogP contribution is 2.24. The fraction of sp³-hybridized carbons (Fsp3) is 0.0800. The minimum atomic E-state index is -0.247. The van der Waals surface area contributed by atoms with Crippen LogP contribution < -0.4 is 10.9 Å². The minimum absolute atomic E-state index is 0.129. The van der Waals surface area contributed by atoms with Crippen LogP contribution in [0.5, 0.6) is 0 Å². The number of H-pyrrole nitrogens is 3. The van der Waals surface area contributed by atoms with Gasteiger partial charge in [-0.15, -0.1) is 11.3 Å². The lowest BCUT2D eigenvalue weighted by Crippen LogP contribution is -2.25. The van der Waals surface area contributed by atoms with Crippen molar-refractivity contribution < 1.29 is 4.79 Å². The number of benzene rings is 2. The van der Waals surface area contributed by atoms with Crippen molar-refractivity contribution in [3.63, 3.8) is 0 Å². The Morgan fingerprint density at radius 2 is 1.91 bits per heavy atom. The van der Waals surface area contributed by atoms with Gasteiger partial charge in [0.05, 0.1) is 16.7 Å². The molecule has 0 saturated heterocycles. The van der Waals surface area contributed by atoms with Crippen LogP contribution in [0.4, 0.5) is 0 Å². The maximum atomic E-state index is 12.7. The van der Waals surface area contributed by atoms with Crippen LogP contribution in [-0.2, 0) is 6.42 Å². The lowest BCUT2D eigenvalue weighted by Gasteiger charge is -2.05. The number of hydrogen-bond acceptors (Lipinski definition) is 4. The molecule has 2 aromatic carbocycles. The molecule has 4 N–H and O–H groups in total. The molecule has 0 aliphatic rings. The zero-order valence-electron chi connectivity index (χ0n) is 17.4. The van der Waals surface area contributed by atoms with Gasteiger partial charge in [-0.25, -0.2) is 4.98 Å². The lowest BCUT2D eigenvalue weighted by molar-refractivity contribution is 0.0954. The summed E-state index contributed by atoms with van der Waals surface area (Å²) in [5, 5.41) is 8.79. The molecule has 6 rings (SSSR count). The third kappa shape index (κ3) is 3.50. The molecule has 162 valence electrons. The second-order valence-corrected chi connectivity index (χ2v) is 8.68. The summed E-state index contributed by atoms with van der Waals surface area (Å²) in [5.41, 5.74) is 5.88. The Balaban J connectivity index is 1.21. The van der Waals surface area contributed by atoms with Crippen molar-refractivity contribution >= 4 is 50.1 Å². The molecular formula is C25H19N5O2S. The predicted octanol–water partition coefficient (Wildman–Crippen LogP) is 4.59. The summed E-state index contributed by atoms with van der Waals surface area (Å²) in [7, 11) is 0. The van der Waals surface area contributed by atoms with Crippen LogP contribution in [0, 0.1) is 0 Å². The Morgan fingerprint density at radius 1 is 1.00 bits per heavy atom. The smallest absolute Gasteiger partial charge is 0.276 e. The van der Waals surface area contributed by atoms with E-state index in [9.17, 15) is 9.59 Å². The summed E-state index contributed by atoms with van der Waals surface area (Å²) in [6.07, 6.45) is 2.74. The molecule has 4 aromatic heterocycles. The van der Waals surface area contributed by atoms with E-state index in [1.165, 1.54) is 22.3 Å². The molecule has 0 aliphatic heterocycles. The number of aromatic amines is 3. The van der Waals surface area contributed by atoms with E-state index in [0.29, 0.717) is 23.5 Å². The molecule has 0 unspecified atom stereocenters. The maximum Gasteiger partial charge on any atom is 0.276 e. The Labute approximate surface area is 191 Å². The van der Waals surface area contributed by atoms with E-state index in [1.54, 1.807) is 6.07 Å². The molecule has 33 heavy (non-hydrogen) atoms. The molecule has 1 amide bonds. The summed E-state index contributed by atoms with van der Waals surface area (Å²) in [6.45, 7) is 0.539. The van der Waals surface area contributed by atoms with Gasteiger partial charge in [0.15, 0.2) is 5.69 Å². The standard InChI is InChI=1S/C25H19N5O2S/c31-24(26-8-7-15-11-27-19-4-2-1-3-17(15)19)14-5-6-18-16(9-14)10-20(28-18)23-25(32)30-22-13-33-12-21(22)29-23/h1-6,9-13,27-28H,7-8H2,(H,26,31)(H,30,32). The number of para-hydroxylation sites is 1. The van der Waals surface area contributed by atoms with Crippen LogP contribution in [0.2, 0.25) is 0 Å². The molecule has 4 heterocycles. The highest BCUT2D eigenvalue weighted by atomic mass is 32.1. The third-order valence-electron chi connectivity index (χ3n) is 5.83. The Kier molecular flexibility index (Phi) is 4.58. The van der Waals surface area contributed by atoms with Crippen LogP contribution in [0.25, 0.3) is 44.2 Å². The topological polar surface area (TPSA) is 106 Å². The van der Waals surface area contributed by atoms with E-state index >= 15 is 0 Å². The van der Waals surface area contributed by atoms with E-state index in [1.807, 2.05) is 53.4 Å². The number of nitrogens with one attached hydrogen (secondary N) is 4. The Bertz CT molecular complexity index is 1700. The van der Waals surface area contributed by atoms with Gasteiger partial charge in [0, 0.05) is 50.9 Å². The van der Waals surface area contributed by atoms with Gasteiger partial charge in [0.1, 0.15) is 0 Å². The fourth-order valence-electron chi connectivity index (χ4n) is 4.16. The zero-order valence-corrected chi connectivity index (χ0v) is 18.3. The predicted molar refractivity (Wildman–Crippen MR) is 132 cm³/mol. The van der Waals surface area contributed by atoms with E-state index in [0.717, 1.165) is 33.9 Å². The molecule has 0 aliphatic carbocycles. The van der Waals surface area contributed by atoms with Gasteiger partial charge in [-0.1, -0.05) is 18.2 Å². The molecule has 0 spiro atoms. The quantitative estimate of drug-likeness (QED) is 0.307. The van der Waals surface area contributed by atoms with Gasteiger partial charge in [0.25, 0.3) is 11.5 Å². The number of thiophene rings is 1. The number of hydrogen-bond donors (Lipinski definition) is 4. The number of aromatic nitrogens is 4. The number of amides is 1. The van der Waals surface area contributed by atoms with Crippen LogP contribution in [-0.4, -0.2) is 32.4 Å². The van der Waals surface area contributed by atoms with Crippen molar-refractivity contribution in [2.45, 2.75) is 6.42 Å². The van der Waals surface area contributed by atoms with E-state index in [4.69, 9.17) is 0 Å². The van der Waals surface area contributed by atoms with Gasteiger partial charge < -0.3 is 20.3 Å². The first-order chi connectivity index (χ1) is 16.2. The number of carbonyl (C=O) groups excluding carboxylic acids is 1. The second-order valence-electron chi connectivity index (χ2n) is 7.94. The molecule has 8 heteroatoms. The minimum Gasteiger partial charge on any atom is -0.361 e. The molecular weight excluding hydrogens is 434 g/mol. The molecule has 6 aromatic rings. The first-order valence-electron chi connectivity index (χ1n) is 10.6. The van der Waals surface area contributed by atoms with Crippen molar-refractivity contribution in [2.24, 2.45) is 0 Å². The van der Waals surface area contributed by atoms with Crippen molar-refractivity contribution in [1.82, 2.24) is 25.3 Å². The highest BCUT2D eigenvalue weighted by molar-refractivity contribution is 7.09. The summed E-state index contributed by atoms with van der Waals surface area (Å²) < 4.78 is 0. The van der Waals surface area contributed by atoms with Crippen LogP contribution >= 0.6 is 11.3 Å². The van der Waals surface area contributed by atoms with Gasteiger partial charge in [-0.2, -0.15) is 0 Å². The average Bonchev–Trinajstić information content (AvgIpc) is 3.55. The van der Waals surface area contributed by atoms with Gasteiger partial charge in [0.2, 0.25) is 0 Å². The van der Waals surface area contributed by atoms with Crippen LogP contribution in [0.15, 0.2) is 70.3 Å². The molecule has 0 fully saturated rings. The number of fused-ring (bicyclic) bond motifs is 3. The number of nitrogens with zero attached hydrogens (tertiary/aromatic N) is 1. The highest BCUT2D eigenvalue weighted by Gasteiger charge is 2.13. The fourth-order valence-corrected chi connectivity index (χ4v) is 4.85. The molecule has 0 saturated carbocycles. The summed E-state index contributed by atoms with van der Waals surface area (Å²) in [6, 6.07) is 15.5. The number of rotatable bonds is 5. The van der Waals surface area contributed by atoms with E-state index in [2.05, 4.69) is 31.3 Å². The first-order valence-corrected chi connectivity index (χ1v) is 11.5. The average molecular weight is 454 g/mol. The maximum absolute atomic E-state index is 12.7. The lowest BCUT2D eigenvalue weighted by atomic mass is 10.1. The van der Waals surface area contributed by atoms with Gasteiger partial charge >= 0.3 is 0 Å². The van der Waals surface area contributed by atoms with Crippen LogP contribution in [0.3, 0.4) is 0 Å². The molecule has 0 bridgehead atoms. The largest absolute Gasteiger partial charge is 0.361 e. The zero-order chi connectivity index (χ0) is 22.4. The summed E-state index contributed by atoms with van der Waals surface area (Å²) in [5.74, 6) is -0.129. The molecule has 0 atom stereocenters. The second kappa shape index (κ2) is 7.75. The van der Waals surface area contributed by atoms with Crippen molar-refractivity contribution in [2.75, 3.05) is 6.54 Å². The summed E-state index contributed by atoms with van der Waals surface area (Å²) >= 11 is 1.49. The van der Waals surface area contributed by atoms with E-state index < -0.39 is 0 Å². The third-order valence-corrected chi connectivity index (χ3v) is 6.56. The van der Waals surface area contributed by atoms with Gasteiger partial charge in [-0.3, -0.25) is 9.59 Å². The molecule has 7 nitrogen and oxygen atoms in total. The van der Waals surface area contributed by atoms with Gasteiger partial charge in [-0.05, 0) is 42.3 Å².